The summed E-state index contributed by atoms with van der Waals surface area (Å²) in [4.78, 5) is 24.8. The number of nitrogens with one attached hydrogen (secondary N) is 1. The van der Waals surface area contributed by atoms with Crippen LogP contribution >= 0.6 is 15.9 Å². The molecule has 0 spiro atoms. The fraction of sp³-hybridized carbons (Fsp3) is 0.348. The molecule has 3 rings (SSSR count). The van der Waals surface area contributed by atoms with Gasteiger partial charge < -0.3 is 9.47 Å². The molecule has 0 heterocycles. The molecule has 0 unspecified atom stereocenters. The van der Waals surface area contributed by atoms with E-state index in [9.17, 15) is 9.59 Å². The van der Waals surface area contributed by atoms with E-state index in [0.717, 1.165) is 30.2 Å². The van der Waals surface area contributed by atoms with Crippen LogP contribution in [0.1, 0.15) is 54.9 Å². The minimum Gasteiger partial charge on any atom is -0.494 e. The van der Waals surface area contributed by atoms with Crippen LogP contribution in [0, 0.1) is 5.92 Å². The number of benzene rings is 2. The van der Waals surface area contributed by atoms with Crippen LogP contribution in [0.15, 0.2) is 52.0 Å². The molecule has 1 aliphatic carbocycles. The largest absolute Gasteiger partial charge is 0.494 e. The van der Waals surface area contributed by atoms with E-state index in [1.165, 1.54) is 12.6 Å². The Kier molecular flexibility index (Phi) is 8.02. The van der Waals surface area contributed by atoms with Gasteiger partial charge in [-0.3, -0.25) is 4.79 Å². The fourth-order valence-corrected chi connectivity index (χ4v) is 3.73. The maximum atomic E-state index is 12.5. The molecule has 2 aromatic rings. The molecule has 1 N–H and O–H groups in total. The summed E-state index contributed by atoms with van der Waals surface area (Å²) in [6.07, 6.45) is 6.66. The van der Waals surface area contributed by atoms with E-state index in [2.05, 4.69) is 26.5 Å². The number of hydrogen-bond acceptors (Lipinski definition) is 5. The van der Waals surface area contributed by atoms with Crippen LogP contribution < -0.4 is 14.9 Å². The molecule has 2 aromatic carbocycles. The van der Waals surface area contributed by atoms with Crippen molar-refractivity contribution in [2.45, 2.75) is 39.0 Å². The van der Waals surface area contributed by atoms with Gasteiger partial charge in [0.2, 0.25) is 5.91 Å². The Morgan fingerprint density at radius 3 is 2.57 bits per heavy atom. The average molecular weight is 473 g/mol. The van der Waals surface area contributed by atoms with Crippen molar-refractivity contribution in [3.05, 3.63) is 58.1 Å². The molecule has 1 aliphatic rings. The third-order valence-electron chi connectivity index (χ3n) is 4.93. The van der Waals surface area contributed by atoms with Gasteiger partial charge in [-0.05, 0) is 62.2 Å². The van der Waals surface area contributed by atoms with Gasteiger partial charge in [0.25, 0.3) is 0 Å². The van der Waals surface area contributed by atoms with Crippen molar-refractivity contribution < 1.29 is 19.1 Å². The van der Waals surface area contributed by atoms with Crippen molar-refractivity contribution in [1.29, 1.82) is 0 Å². The van der Waals surface area contributed by atoms with Crippen molar-refractivity contribution >= 4 is 34.0 Å². The molecule has 1 fully saturated rings. The molecule has 0 bridgehead atoms. The van der Waals surface area contributed by atoms with Crippen LogP contribution in [0.2, 0.25) is 0 Å². The number of rotatable bonds is 7. The summed E-state index contributed by atoms with van der Waals surface area (Å²) >= 11 is 3.41. The molecule has 0 aromatic heterocycles. The molecule has 0 radical (unpaired) electrons. The normalized spacial score (nSPS) is 14.5. The Morgan fingerprint density at radius 2 is 1.87 bits per heavy atom. The number of halogens is 1. The van der Waals surface area contributed by atoms with Gasteiger partial charge in [-0.1, -0.05) is 35.2 Å². The molecule has 6 nitrogen and oxygen atoms in total. The van der Waals surface area contributed by atoms with Gasteiger partial charge in [-0.15, -0.1) is 0 Å². The lowest BCUT2D eigenvalue weighted by atomic mass is 9.89. The summed E-state index contributed by atoms with van der Waals surface area (Å²) in [5.74, 6) is 0.525. The third-order valence-corrected chi connectivity index (χ3v) is 5.42. The van der Waals surface area contributed by atoms with Crippen LogP contribution in [-0.4, -0.2) is 24.7 Å². The smallest absolute Gasteiger partial charge is 0.343 e. The second-order valence-corrected chi connectivity index (χ2v) is 8.01. The SMILES string of the molecule is CCOc1ccc(C(=O)Oc2ccc(Br)cc2C=NNC(=O)C2CCCCC2)cc1. The second kappa shape index (κ2) is 10.9. The Morgan fingerprint density at radius 1 is 1.13 bits per heavy atom. The Bertz CT molecular complexity index is 906. The first kappa shape index (κ1) is 22.0. The summed E-state index contributed by atoms with van der Waals surface area (Å²) in [6, 6.07) is 12.0. The van der Waals surface area contributed by atoms with E-state index in [1.807, 2.05) is 6.92 Å². The quantitative estimate of drug-likeness (QED) is 0.263. The zero-order valence-electron chi connectivity index (χ0n) is 16.9. The number of carbonyl (C=O) groups excluding carboxylic acids is 2. The maximum Gasteiger partial charge on any atom is 0.343 e. The second-order valence-electron chi connectivity index (χ2n) is 7.10. The van der Waals surface area contributed by atoms with Gasteiger partial charge in [-0.25, -0.2) is 10.2 Å². The highest BCUT2D eigenvalue weighted by molar-refractivity contribution is 9.10. The van der Waals surface area contributed by atoms with Crippen molar-refractivity contribution in [2.24, 2.45) is 11.0 Å². The predicted octanol–water partition coefficient (Wildman–Crippen LogP) is 5.10. The molecule has 7 heteroatoms. The number of hydrazone groups is 1. The molecule has 1 saturated carbocycles. The van der Waals surface area contributed by atoms with Gasteiger partial charge in [0.1, 0.15) is 11.5 Å². The molecular weight excluding hydrogens is 448 g/mol. The summed E-state index contributed by atoms with van der Waals surface area (Å²) in [5, 5.41) is 4.08. The number of ether oxygens (including phenoxy) is 2. The lowest BCUT2D eigenvalue weighted by molar-refractivity contribution is -0.125. The van der Waals surface area contributed by atoms with Crippen molar-refractivity contribution in [3.8, 4) is 11.5 Å². The van der Waals surface area contributed by atoms with Gasteiger partial charge in [0.15, 0.2) is 0 Å². The number of hydrogen-bond donors (Lipinski definition) is 1. The van der Waals surface area contributed by atoms with E-state index >= 15 is 0 Å². The van der Waals surface area contributed by atoms with Crippen molar-refractivity contribution in [2.75, 3.05) is 6.61 Å². The van der Waals surface area contributed by atoms with Crippen LogP contribution in [0.5, 0.6) is 11.5 Å². The summed E-state index contributed by atoms with van der Waals surface area (Å²) in [7, 11) is 0. The van der Waals surface area contributed by atoms with Crippen LogP contribution in [0.25, 0.3) is 0 Å². The Hall–Kier alpha value is -2.67. The molecular formula is C23H25BrN2O4. The molecule has 1 amide bonds. The number of amides is 1. The first-order chi connectivity index (χ1) is 14.6. The number of esters is 1. The molecule has 0 aliphatic heterocycles. The average Bonchev–Trinajstić information content (AvgIpc) is 2.76. The van der Waals surface area contributed by atoms with Crippen LogP contribution in [0.3, 0.4) is 0 Å². The molecule has 0 saturated heterocycles. The standard InChI is InChI=1S/C23H25BrN2O4/c1-2-29-20-11-8-17(9-12-20)23(28)30-21-13-10-19(24)14-18(21)15-25-26-22(27)16-6-4-3-5-7-16/h8-16H,2-7H2,1H3,(H,26,27). The summed E-state index contributed by atoms with van der Waals surface area (Å²) in [6.45, 7) is 2.46. The van der Waals surface area contributed by atoms with Crippen molar-refractivity contribution in [3.63, 3.8) is 0 Å². The van der Waals surface area contributed by atoms with Gasteiger partial charge in [0.05, 0.1) is 18.4 Å². The topological polar surface area (TPSA) is 77.0 Å². The highest BCUT2D eigenvalue weighted by Gasteiger charge is 2.20. The van der Waals surface area contributed by atoms with E-state index in [-0.39, 0.29) is 11.8 Å². The van der Waals surface area contributed by atoms with Crippen LogP contribution in [-0.2, 0) is 4.79 Å². The van der Waals surface area contributed by atoms with Gasteiger partial charge in [-0.2, -0.15) is 5.10 Å². The fourth-order valence-electron chi connectivity index (χ4n) is 3.35. The first-order valence-electron chi connectivity index (χ1n) is 10.1. The lowest BCUT2D eigenvalue weighted by Gasteiger charge is -2.19. The molecule has 158 valence electrons. The van der Waals surface area contributed by atoms with E-state index in [1.54, 1.807) is 42.5 Å². The van der Waals surface area contributed by atoms with E-state index < -0.39 is 5.97 Å². The summed E-state index contributed by atoms with van der Waals surface area (Å²) < 4.78 is 11.8. The number of carbonyl (C=O) groups is 2. The monoisotopic (exact) mass is 472 g/mol. The lowest BCUT2D eigenvalue weighted by Crippen LogP contribution is -2.28. The van der Waals surface area contributed by atoms with E-state index in [4.69, 9.17) is 9.47 Å². The number of nitrogens with zero attached hydrogens (tertiary/aromatic N) is 1. The van der Waals surface area contributed by atoms with Crippen LogP contribution in [0.4, 0.5) is 0 Å². The predicted molar refractivity (Wildman–Crippen MR) is 119 cm³/mol. The first-order valence-corrected chi connectivity index (χ1v) is 10.9. The zero-order valence-corrected chi connectivity index (χ0v) is 18.5. The maximum absolute atomic E-state index is 12.5. The van der Waals surface area contributed by atoms with Crippen molar-refractivity contribution in [1.82, 2.24) is 5.43 Å². The minimum absolute atomic E-state index is 0.0235. The Balaban J connectivity index is 1.66. The highest BCUT2D eigenvalue weighted by atomic mass is 79.9. The van der Waals surface area contributed by atoms with Gasteiger partial charge in [0, 0.05) is 16.0 Å². The zero-order chi connectivity index (χ0) is 21.3. The molecule has 30 heavy (non-hydrogen) atoms. The van der Waals surface area contributed by atoms with E-state index in [0.29, 0.717) is 29.2 Å². The Labute approximate surface area is 184 Å². The molecule has 0 atom stereocenters. The van der Waals surface area contributed by atoms with Gasteiger partial charge >= 0.3 is 5.97 Å². The third kappa shape index (κ3) is 6.16. The highest BCUT2D eigenvalue weighted by Crippen LogP contribution is 2.25. The summed E-state index contributed by atoms with van der Waals surface area (Å²) in [5.41, 5.74) is 3.60. The minimum atomic E-state index is -0.485.